The van der Waals surface area contributed by atoms with E-state index in [1.54, 1.807) is 0 Å². The monoisotopic (exact) mass is 363 g/mol. The lowest BCUT2D eigenvalue weighted by molar-refractivity contribution is -0.120. The van der Waals surface area contributed by atoms with Gasteiger partial charge in [0.2, 0.25) is 10.0 Å². The van der Waals surface area contributed by atoms with Crippen molar-refractivity contribution in [3.8, 4) is 5.75 Å². The van der Waals surface area contributed by atoms with Crippen LogP contribution in [0.5, 0.6) is 5.75 Å². The Morgan fingerprint density at radius 1 is 1.35 bits per heavy atom. The third-order valence-electron chi connectivity index (χ3n) is 3.66. The van der Waals surface area contributed by atoms with Gasteiger partial charge in [-0.15, -0.1) is 0 Å². The van der Waals surface area contributed by atoms with Crippen LogP contribution in [0.3, 0.4) is 0 Å². The first-order chi connectivity index (χ1) is 10.7. The second-order valence-electron chi connectivity index (χ2n) is 5.14. The summed E-state index contributed by atoms with van der Waals surface area (Å²) in [5.41, 5.74) is 10.00. The van der Waals surface area contributed by atoms with E-state index in [2.05, 4.69) is 4.72 Å². The van der Waals surface area contributed by atoms with Crippen LogP contribution < -0.4 is 20.9 Å². The smallest absolute Gasteiger partial charge is 0.255 e. The number of nitrogens with two attached hydrogens (primary N) is 2. The summed E-state index contributed by atoms with van der Waals surface area (Å²) < 4.78 is 33.2. The lowest BCUT2D eigenvalue weighted by Crippen LogP contribution is -2.52. The van der Waals surface area contributed by atoms with Crippen molar-refractivity contribution >= 4 is 27.5 Å². The largest absolute Gasteiger partial charge is 0.482 e. The quantitative estimate of drug-likeness (QED) is 0.603. The van der Waals surface area contributed by atoms with Crippen molar-refractivity contribution in [2.75, 3.05) is 13.2 Å². The lowest BCUT2D eigenvalue weighted by atomic mass is 9.95. The molecule has 0 aliphatic rings. The van der Waals surface area contributed by atoms with Crippen molar-refractivity contribution in [3.63, 3.8) is 0 Å². The second kappa shape index (κ2) is 7.96. The number of hydrogen-bond donors (Lipinski definition) is 3. The molecule has 0 saturated heterocycles. The molecule has 1 aromatic carbocycles. The fourth-order valence-corrected chi connectivity index (χ4v) is 3.99. The van der Waals surface area contributed by atoms with E-state index in [4.69, 9.17) is 27.8 Å². The molecule has 0 unspecified atom stereocenters. The maximum atomic E-state index is 12.7. The number of nitrogens with one attached hydrogen (secondary N) is 1. The van der Waals surface area contributed by atoms with Gasteiger partial charge in [-0.1, -0.05) is 25.4 Å². The molecule has 1 aromatic rings. The van der Waals surface area contributed by atoms with Crippen LogP contribution in [0.25, 0.3) is 0 Å². The van der Waals surface area contributed by atoms with E-state index in [9.17, 15) is 13.2 Å². The molecule has 1 amide bonds. The lowest BCUT2D eigenvalue weighted by Gasteiger charge is -2.31. The Morgan fingerprint density at radius 2 is 1.96 bits per heavy atom. The Balaban J connectivity index is 3.25. The molecule has 23 heavy (non-hydrogen) atoms. The van der Waals surface area contributed by atoms with Gasteiger partial charge in [0.25, 0.3) is 5.91 Å². The summed E-state index contributed by atoms with van der Waals surface area (Å²) in [6, 6.07) is 4.10. The molecule has 0 saturated carbocycles. The Labute approximate surface area is 141 Å². The molecule has 0 bridgehead atoms. The Kier molecular flexibility index (Phi) is 6.82. The van der Waals surface area contributed by atoms with Crippen molar-refractivity contribution in [2.24, 2.45) is 11.5 Å². The van der Waals surface area contributed by atoms with Gasteiger partial charge in [-0.2, -0.15) is 0 Å². The summed E-state index contributed by atoms with van der Waals surface area (Å²) in [6.45, 7) is 3.41. The zero-order chi connectivity index (χ0) is 17.7. The highest BCUT2D eigenvalue weighted by Gasteiger charge is 2.32. The van der Waals surface area contributed by atoms with E-state index in [1.807, 2.05) is 13.8 Å². The van der Waals surface area contributed by atoms with Gasteiger partial charge < -0.3 is 16.2 Å². The maximum absolute atomic E-state index is 12.7. The third kappa shape index (κ3) is 5.07. The Bertz CT molecular complexity index is 652. The van der Waals surface area contributed by atoms with Gasteiger partial charge in [-0.25, -0.2) is 13.1 Å². The van der Waals surface area contributed by atoms with Crippen LogP contribution in [0.2, 0.25) is 5.02 Å². The summed E-state index contributed by atoms with van der Waals surface area (Å²) in [4.78, 5) is 10.7. The van der Waals surface area contributed by atoms with Gasteiger partial charge in [-0.3, -0.25) is 4.79 Å². The summed E-state index contributed by atoms with van der Waals surface area (Å²) in [7, 11) is -3.95. The molecule has 9 heteroatoms. The number of rotatable bonds is 9. The topological polar surface area (TPSA) is 125 Å². The third-order valence-corrected chi connectivity index (χ3v) is 5.50. The minimum Gasteiger partial charge on any atom is -0.482 e. The molecule has 0 fully saturated rings. The van der Waals surface area contributed by atoms with E-state index in [0.717, 1.165) is 0 Å². The standard InChI is InChI=1S/C14H22ClN3O4S/c1-3-14(4-2,9-16)18-23(20,21)12-7-10(15)5-6-11(12)22-8-13(17)19/h5-7,18H,3-4,8-9,16H2,1-2H3,(H2,17,19). The number of sulfonamides is 1. The minimum atomic E-state index is -3.95. The van der Waals surface area contributed by atoms with Crippen LogP contribution in [0.15, 0.2) is 23.1 Å². The highest BCUT2D eigenvalue weighted by atomic mass is 35.5. The molecule has 0 aliphatic heterocycles. The molecular weight excluding hydrogens is 342 g/mol. The predicted molar refractivity (Wildman–Crippen MR) is 88.8 cm³/mol. The first-order valence-electron chi connectivity index (χ1n) is 7.14. The van der Waals surface area contributed by atoms with Gasteiger partial charge in [-0.05, 0) is 31.0 Å². The number of ether oxygens (including phenoxy) is 1. The number of hydrogen-bond acceptors (Lipinski definition) is 5. The van der Waals surface area contributed by atoms with E-state index in [1.165, 1.54) is 18.2 Å². The van der Waals surface area contributed by atoms with Crippen molar-refractivity contribution in [2.45, 2.75) is 37.1 Å². The Morgan fingerprint density at radius 3 is 2.43 bits per heavy atom. The van der Waals surface area contributed by atoms with E-state index in [0.29, 0.717) is 12.8 Å². The first-order valence-corrected chi connectivity index (χ1v) is 9.00. The minimum absolute atomic E-state index is 0.00109. The summed E-state index contributed by atoms with van der Waals surface area (Å²) in [5.74, 6) is -0.714. The maximum Gasteiger partial charge on any atom is 0.255 e. The van der Waals surface area contributed by atoms with Crippen LogP contribution in [-0.4, -0.2) is 33.0 Å². The number of primary amides is 1. The molecule has 1 rings (SSSR count). The number of benzene rings is 1. The van der Waals surface area contributed by atoms with Gasteiger partial charge in [0.05, 0.1) is 0 Å². The Hall–Kier alpha value is -1.35. The van der Waals surface area contributed by atoms with E-state index >= 15 is 0 Å². The molecule has 0 heterocycles. The molecule has 7 nitrogen and oxygen atoms in total. The van der Waals surface area contributed by atoms with Crippen LogP contribution >= 0.6 is 11.6 Å². The fourth-order valence-electron chi connectivity index (χ4n) is 2.02. The number of carbonyl (C=O) groups is 1. The first kappa shape index (κ1) is 19.7. The van der Waals surface area contributed by atoms with Gasteiger partial charge in [0.1, 0.15) is 10.6 Å². The molecular formula is C14H22ClN3O4S. The molecule has 0 spiro atoms. The summed E-state index contributed by atoms with van der Waals surface area (Å²) >= 11 is 5.89. The van der Waals surface area contributed by atoms with Crippen LogP contribution in [0.1, 0.15) is 26.7 Å². The fraction of sp³-hybridized carbons (Fsp3) is 0.500. The van der Waals surface area contributed by atoms with E-state index in [-0.39, 0.29) is 22.2 Å². The predicted octanol–water partition coefficient (Wildman–Crippen LogP) is 1.000. The van der Waals surface area contributed by atoms with Crippen LogP contribution in [0.4, 0.5) is 0 Å². The van der Waals surface area contributed by atoms with E-state index < -0.39 is 28.1 Å². The average Bonchev–Trinajstić information content (AvgIpc) is 2.51. The molecule has 0 atom stereocenters. The van der Waals surface area contributed by atoms with Crippen LogP contribution in [0, 0.1) is 0 Å². The van der Waals surface area contributed by atoms with Crippen molar-refractivity contribution in [1.29, 1.82) is 0 Å². The number of amides is 1. The number of carbonyl (C=O) groups excluding carboxylic acids is 1. The highest BCUT2D eigenvalue weighted by Crippen LogP contribution is 2.29. The van der Waals surface area contributed by atoms with Gasteiger partial charge >= 0.3 is 0 Å². The van der Waals surface area contributed by atoms with Crippen molar-refractivity contribution in [3.05, 3.63) is 23.2 Å². The van der Waals surface area contributed by atoms with Crippen molar-refractivity contribution in [1.82, 2.24) is 4.72 Å². The van der Waals surface area contributed by atoms with Crippen LogP contribution in [-0.2, 0) is 14.8 Å². The SMILES string of the molecule is CCC(CC)(CN)NS(=O)(=O)c1cc(Cl)ccc1OCC(N)=O. The van der Waals surface area contributed by atoms with Gasteiger partial charge in [0.15, 0.2) is 6.61 Å². The summed E-state index contributed by atoms with van der Waals surface area (Å²) in [5, 5.41) is 0.225. The summed E-state index contributed by atoms with van der Waals surface area (Å²) in [6.07, 6.45) is 1.05. The molecule has 130 valence electrons. The molecule has 0 aromatic heterocycles. The zero-order valence-corrected chi connectivity index (χ0v) is 14.7. The normalized spacial score (nSPS) is 12.2. The molecule has 0 aliphatic carbocycles. The van der Waals surface area contributed by atoms with Crippen molar-refractivity contribution < 1.29 is 17.9 Å². The molecule has 0 radical (unpaired) electrons. The highest BCUT2D eigenvalue weighted by molar-refractivity contribution is 7.89. The zero-order valence-electron chi connectivity index (χ0n) is 13.1. The average molecular weight is 364 g/mol. The van der Waals surface area contributed by atoms with Gasteiger partial charge in [0, 0.05) is 17.1 Å². The molecule has 5 N–H and O–H groups in total. The second-order valence-corrected chi connectivity index (χ2v) is 7.23. The number of halogens is 1.